The Morgan fingerprint density at radius 3 is 3.00 bits per heavy atom. The van der Waals surface area contributed by atoms with Gasteiger partial charge in [0, 0.05) is 31.9 Å². The highest BCUT2D eigenvalue weighted by molar-refractivity contribution is 5.34. The fraction of sp³-hybridized carbons (Fsp3) is 0.400. The number of rotatable bonds is 4. The highest BCUT2D eigenvalue weighted by Crippen LogP contribution is 2.24. The molecule has 0 radical (unpaired) electrons. The average molecular weight is 257 g/mol. The van der Waals surface area contributed by atoms with Crippen molar-refractivity contribution in [1.82, 2.24) is 9.55 Å². The first kappa shape index (κ1) is 12.4. The van der Waals surface area contributed by atoms with Crippen molar-refractivity contribution in [3.63, 3.8) is 0 Å². The predicted octanol–water partition coefficient (Wildman–Crippen LogP) is 2.08. The molecule has 2 heterocycles. The molecule has 0 saturated carbocycles. The number of fused-ring (bicyclic) bond motifs is 1. The predicted molar refractivity (Wildman–Crippen MR) is 73.4 cm³/mol. The van der Waals surface area contributed by atoms with Crippen LogP contribution in [0.1, 0.15) is 35.0 Å². The van der Waals surface area contributed by atoms with Gasteiger partial charge in [0.05, 0.1) is 13.2 Å². The molecule has 1 aliphatic heterocycles. The van der Waals surface area contributed by atoms with Gasteiger partial charge >= 0.3 is 0 Å². The molecule has 0 aliphatic carbocycles. The smallest absolute Gasteiger partial charge is 0.108 e. The molecule has 2 N–H and O–H groups in total. The van der Waals surface area contributed by atoms with Gasteiger partial charge in [0.25, 0.3) is 0 Å². The van der Waals surface area contributed by atoms with Gasteiger partial charge in [0.2, 0.25) is 0 Å². The van der Waals surface area contributed by atoms with Crippen LogP contribution in [0, 0.1) is 0 Å². The van der Waals surface area contributed by atoms with E-state index in [1.54, 1.807) is 0 Å². The summed E-state index contributed by atoms with van der Waals surface area (Å²) in [4.78, 5) is 4.33. The van der Waals surface area contributed by atoms with E-state index in [0.717, 1.165) is 31.9 Å². The first-order valence-corrected chi connectivity index (χ1v) is 6.65. The topological polar surface area (TPSA) is 53.1 Å². The second-order valence-corrected chi connectivity index (χ2v) is 5.12. The summed E-state index contributed by atoms with van der Waals surface area (Å²) in [6, 6.07) is 6.50. The van der Waals surface area contributed by atoms with E-state index in [0.29, 0.717) is 0 Å². The molecule has 4 heteroatoms. The van der Waals surface area contributed by atoms with Crippen LogP contribution in [-0.4, -0.2) is 9.55 Å². The molecule has 3 rings (SSSR count). The van der Waals surface area contributed by atoms with Crippen LogP contribution in [0.5, 0.6) is 0 Å². The van der Waals surface area contributed by atoms with E-state index in [1.165, 1.54) is 16.7 Å². The normalized spacial score (nSPS) is 15.5. The Balaban J connectivity index is 1.67. The van der Waals surface area contributed by atoms with Crippen molar-refractivity contribution in [3.05, 3.63) is 53.1 Å². The van der Waals surface area contributed by atoms with Gasteiger partial charge in [-0.15, -0.1) is 0 Å². The number of nitrogens with zero attached hydrogens (tertiary/aromatic N) is 2. The zero-order chi connectivity index (χ0) is 13.2. The van der Waals surface area contributed by atoms with Gasteiger partial charge in [-0.1, -0.05) is 18.2 Å². The number of aromatic nitrogens is 2. The number of imidazole rings is 1. The molecule has 100 valence electrons. The van der Waals surface area contributed by atoms with E-state index in [-0.39, 0.29) is 6.04 Å². The molecule has 0 fully saturated rings. The largest absolute Gasteiger partial charge is 0.372 e. The molecule has 0 saturated heterocycles. The van der Waals surface area contributed by atoms with Crippen molar-refractivity contribution in [2.45, 2.75) is 32.1 Å². The average Bonchev–Trinajstić information content (AvgIpc) is 3.03. The Morgan fingerprint density at radius 1 is 1.37 bits per heavy atom. The van der Waals surface area contributed by atoms with Crippen LogP contribution in [0.3, 0.4) is 0 Å². The van der Waals surface area contributed by atoms with E-state index in [1.807, 2.05) is 24.0 Å². The molecule has 0 amide bonds. The molecule has 1 unspecified atom stereocenters. The number of hydrogen-bond acceptors (Lipinski definition) is 3. The van der Waals surface area contributed by atoms with Gasteiger partial charge < -0.3 is 15.0 Å². The van der Waals surface area contributed by atoms with Gasteiger partial charge in [-0.2, -0.15) is 0 Å². The quantitative estimate of drug-likeness (QED) is 0.912. The number of nitrogens with two attached hydrogens (primary N) is 1. The molecule has 0 spiro atoms. The van der Waals surface area contributed by atoms with Gasteiger partial charge in [-0.3, -0.25) is 0 Å². The third-order valence-corrected chi connectivity index (χ3v) is 3.77. The van der Waals surface area contributed by atoms with Crippen LogP contribution < -0.4 is 5.73 Å². The maximum Gasteiger partial charge on any atom is 0.108 e. The monoisotopic (exact) mass is 257 g/mol. The second kappa shape index (κ2) is 5.15. The van der Waals surface area contributed by atoms with E-state index < -0.39 is 0 Å². The lowest BCUT2D eigenvalue weighted by Crippen LogP contribution is -2.13. The Morgan fingerprint density at radius 2 is 2.21 bits per heavy atom. The minimum Gasteiger partial charge on any atom is -0.372 e. The Bertz CT molecular complexity index is 577. The molecular weight excluding hydrogens is 238 g/mol. The maximum atomic E-state index is 6.28. The van der Waals surface area contributed by atoms with Crippen molar-refractivity contribution in [2.75, 3.05) is 0 Å². The number of aryl methyl sites for hydroxylation is 2. The second-order valence-electron chi connectivity index (χ2n) is 5.12. The van der Waals surface area contributed by atoms with E-state index >= 15 is 0 Å². The minimum absolute atomic E-state index is 0.0580. The molecule has 19 heavy (non-hydrogen) atoms. The van der Waals surface area contributed by atoms with E-state index in [9.17, 15) is 0 Å². The van der Waals surface area contributed by atoms with Crippen molar-refractivity contribution in [2.24, 2.45) is 12.8 Å². The summed E-state index contributed by atoms with van der Waals surface area (Å²) >= 11 is 0. The zero-order valence-corrected chi connectivity index (χ0v) is 11.2. The van der Waals surface area contributed by atoms with Crippen LogP contribution in [0.15, 0.2) is 30.6 Å². The van der Waals surface area contributed by atoms with Crippen LogP contribution in [0.2, 0.25) is 0 Å². The number of benzene rings is 1. The summed E-state index contributed by atoms with van der Waals surface area (Å²) < 4.78 is 7.48. The first-order chi connectivity index (χ1) is 9.24. The van der Waals surface area contributed by atoms with Gasteiger partial charge in [0.15, 0.2) is 0 Å². The molecule has 2 aromatic rings. The van der Waals surface area contributed by atoms with Crippen LogP contribution in [-0.2, 0) is 31.4 Å². The highest BCUT2D eigenvalue weighted by Gasteiger charge is 2.14. The van der Waals surface area contributed by atoms with Gasteiger partial charge in [-0.05, 0) is 23.1 Å². The minimum atomic E-state index is 0.0580. The molecular formula is C15H19N3O. The number of hydrogen-bond donors (Lipinski definition) is 1. The van der Waals surface area contributed by atoms with E-state index in [2.05, 4.69) is 23.2 Å². The standard InChI is InChI=1S/C15H19N3O/c1-18-7-6-17-15(18)5-4-14(16)11-2-3-12-9-19-10-13(12)8-11/h2-3,6-8,14H,4-5,9-10,16H2,1H3. The molecule has 4 nitrogen and oxygen atoms in total. The van der Waals surface area contributed by atoms with Gasteiger partial charge in [0.1, 0.15) is 5.82 Å². The zero-order valence-electron chi connectivity index (χ0n) is 11.2. The molecule has 1 aliphatic rings. The fourth-order valence-corrected chi connectivity index (χ4v) is 2.51. The third-order valence-electron chi connectivity index (χ3n) is 3.77. The van der Waals surface area contributed by atoms with Crippen molar-refractivity contribution < 1.29 is 4.74 Å². The lowest BCUT2D eigenvalue weighted by atomic mass is 9.98. The van der Waals surface area contributed by atoms with Crippen LogP contribution in [0.4, 0.5) is 0 Å². The molecule has 1 aromatic heterocycles. The van der Waals surface area contributed by atoms with Crippen molar-refractivity contribution in [3.8, 4) is 0 Å². The van der Waals surface area contributed by atoms with Crippen LogP contribution in [0.25, 0.3) is 0 Å². The molecule has 0 bridgehead atoms. The molecule has 1 aromatic carbocycles. The lowest BCUT2D eigenvalue weighted by molar-refractivity contribution is 0.134. The Kier molecular flexibility index (Phi) is 3.36. The maximum absolute atomic E-state index is 6.28. The summed E-state index contributed by atoms with van der Waals surface area (Å²) in [6.45, 7) is 1.45. The SMILES string of the molecule is Cn1ccnc1CCC(N)c1ccc2c(c1)COC2. The lowest BCUT2D eigenvalue weighted by Gasteiger charge is -2.13. The summed E-state index contributed by atoms with van der Waals surface area (Å²) in [7, 11) is 2.01. The Labute approximate surface area is 113 Å². The van der Waals surface area contributed by atoms with Crippen LogP contribution >= 0.6 is 0 Å². The van der Waals surface area contributed by atoms with Crippen molar-refractivity contribution >= 4 is 0 Å². The molecule has 1 atom stereocenters. The third kappa shape index (κ3) is 2.55. The highest BCUT2D eigenvalue weighted by atomic mass is 16.5. The Hall–Kier alpha value is -1.65. The summed E-state index contributed by atoms with van der Waals surface area (Å²) in [5.74, 6) is 1.08. The first-order valence-electron chi connectivity index (χ1n) is 6.65. The summed E-state index contributed by atoms with van der Waals surface area (Å²) in [5, 5.41) is 0. The van der Waals surface area contributed by atoms with Gasteiger partial charge in [-0.25, -0.2) is 4.98 Å². The fourth-order valence-electron chi connectivity index (χ4n) is 2.51. The van der Waals surface area contributed by atoms with E-state index in [4.69, 9.17) is 10.5 Å². The number of ether oxygens (including phenoxy) is 1. The summed E-state index contributed by atoms with van der Waals surface area (Å²) in [5.41, 5.74) is 10.0. The van der Waals surface area contributed by atoms with Crippen molar-refractivity contribution in [1.29, 1.82) is 0 Å². The summed E-state index contributed by atoms with van der Waals surface area (Å²) in [6.07, 6.45) is 5.60.